The maximum atomic E-state index is 11.9. The van der Waals surface area contributed by atoms with E-state index in [9.17, 15) is 4.79 Å². The fourth-order valence-corrected chi connectivity index (χ4v) is 2.59. The molecule has 1 aliphatic heterocycles. The molecule has 2 atom stereocenters. The molecule has 0 bridgehead atoms. The van der Waals surface area contributed by atoms with Gasteiger partial charge >= 0.3 is 0 Å². The van der Waals surface area contributed by atoms with Gasteiger partial charge in [-0.1, -0.05) is 24.3 Å². The minimum absolute atomic E-state index is 0. The van der Waals surface area contributed by atoms with Crippen LogP contribution in [-0.2, 0) is 9.53 Å². The van der Waals surface area contributed by atoms with Crippen molar-refractivity contribution in [2.24, 2.45) is 0 Å². The predicted molar refractivity (Wildman–Crippen MR) is 86.8 cm³/mol. The Kier molecular flexibility index (Phi) is 7.72. The number of rotatable bonds is 6. The molecule has 0 spiro atoms. The highest BCUT2D eigenvalue weighted by atomic mass is 35.5. The Morgan fingerprint density at radius 3 is 2.86 bits per heavy atom. The Morgan fingerprint density at radius 2 is 2.19 bits per heavy atom. The minimum atomic E-state index is 0. The van der Waals surface area contributed by atoms with Crippen LogP contribution in [0.5, 0.6) is 0 Å². The summed E-state index contributed by atoms with van der Waals surface area (Å²) in [7, 11) is 0. The zero-order valence-electron chi connectivity index (χ0n) is 12.7. The van der Waals surface area contributed by atoms with Crippen LogP contribution in [0.15, 0.2) is 24.3 Å². The van der Waals surface area contributed by atoms with Crippen molar-refractivity contribution in [1.29, 1.82) is 0 Å². The van der Waals surface area contributed by atoms with Gasteiger partial charge in [0.1, 0.15) is 0 Å². The van der Waals surface area contributed by atoms with Crippen molar-refractivity contribution in [3.05, 3.63) is 35.4 Å². The molecular formula is C16H25ClN2O2. The van der Waals surface area contributed by atoms with E-state index in [0.29, 0.717) is 6.54 Å². The van der Waals surface area contributed by atoms with Gasteiger partial charge in [-0.05, 0) is 37.8 Å². The van der Waals surface area contributed by atoms with Gasteiger partial charge in [-0.25, -0.2) is 0 Å². The molecule has 2 rings (SSSR count). The monoisotopic (exact) mass is 312 g/mol. The summed E-state index contributed by atoms with van der Waals surface area (Å²) in [5.74, 6) is 0.0266. The average Bonchev–Trinajstić information content (AvgIpc) is 2.92. The van der Waals surface area contributed by atoms with Crippen LogP contribution in [0.1, 0.15) is 36.9 Å². The van der Waals surface area contributed by atoms with Gasteiger partial charge < -0.3 is 15.4 Å². The average molecular weight is 313 g/mol. The molecule has 4 nitrogen and oxygen atoms in total. The summed E-state index contributed by atoms with van der Waals surface area (Å²) in [6, 6.07) is 8.17. The summed E-state index contributed by atoms with van der Waals surface area (Å²) in [5.41, 5.74) is 2.37. The molecule has 0 radical (unpaired) electrons. The summed E-state index contributed by atoms with van der Waals surface area (Å²) in [6.07, 6.45) is 2.49. The lowest BCUT2D eigenvalue weighted by Gasteiger charge is -2.17. The normalized spacial score (nSPS) is 18.9. The van der Waals surface area contributed by atoms with E-state index in [0.717, 1.165) is 26.0 Å². The molecule has 1 aliphatic rings. The fourth-order valence-electron chi connectivity index (χ4n) is 2.59. The van der Waals surface area contributed by atoms with E-state index in [1.54, 1.807) is 0 Å². The number of hydrogen-bond acceptors (Lipinski definition) is 3. The largest absolute Gasteiger partial charge is 0.377 e. The van der Waals surface area contributed by atoms with Crippen LogP contribution in [0.25, 0.3) is 0 Å². The molecule has 1 fully saturated rings. The zero-order valence-corrected chi connectivity index (χ0v) is 13.5. The third-order valence-corrected chi connectivity index (χ3v) is 3.71. The lowest BCUT2D eigenvalue weighted by Crippen LogP contribution is -2.38. The van der Waals surface area contributed by atoms with E-state index in [-0.39, 0.29) is 30.5 Å². The lowest BCUT2D eigenvalue weighted by molar-refractivity contribution is -0.120. The second kappa shape index (κ2) is 9.03. The van der Waals surface area contributed by atoms with Gasteiger partial charge in [-0.3, -0.25) is 4.79 Å². The standard InChI is InChI=1S/C16H24N2O2.ClH/c1-12-6-3-4-8-15(12)13(2)18-16(19)11-17-10-14-7-5-9-20-14;/h3-4,6,8,13-14,17H,5,7,9-11H2,1-2H3,(H,18,19);1H. The highest BCUT2D eigenvalue weighted by Crippen LogP contribution is 2.16. The van der Waals surface area contributed by atoms with Crippen molar-refractivity contribution in [3.63, 3.8) is 0 Å². The third kappa shape index (κ3) is 5.65. The summed E-state index contributed by atoms with van der Waals surface area (Å²) < 4.78 is 5.51. The van der Waals surface area contributed by atoms with Crippen molar-refractivity contribution < 1.29 is 9.53 Å². The first-order valence-electron chi connectivity index (χ1n) is 7.34. The lowest BCUT2D eigenvalue weighted by atomic mass is 10.0. The molecule has 5 heteroatoms. The van der Waals surface area contributed by atoms with Crippen LogP contribution in [0.3, 0.4) is 0 Å². The third-order valence-electron chi connectivity index (χ3n) is 3.71. The molecule has 2 N–H and O–H groups in total. The van der Waals surface area contributed by atoms with Gasteiger partial charge in [-0.15, -0.1) is 12.4 Å². The number of amides is 1. The van der Waals surface area contributed by atoms with Crippen LogP contribution in [0, 0.1) is 6.92 Å². The highest BCUT2D eigenvalue weighted by molar-refractivity contribution is 5.85. The van der Waals surface area contributed by atoms with Crippen molar-refractivity contribution in [2.75, 3.05) is 19.7 Å². The number of ether oxygens (including phenoxy) is 1. The zero-order chi connectivity index (χ0) is 14.4. The maximum absolute atomic E-state index is 11.9. The Morgan fingerprint density at radius 1 is 1.43 bits per heavy atom. The molecule has 118 valence electrons. The molecule has 0 aromatic heterocycles. The maximum Gasteiger partial charge on any atom is 0.234 e. The van der Waals surface area contributed by atoms with Crippen molar-refractivity contribution in [2.45, 2.75) is 38.8 Å². The van der Waals surface area contributed by atoms with Crippen LogP contribution >= 0.6 is 12.4 Å². The van der Waals surface area contributed by atoms with E-state index in [1.807, 2.05) is 19.1 Å². The van der Waals surface area contributed by atoms with E-state index >= 15 is 0 Å². The molecule has 1 amide bonds. The number of benzene rings is 1. The molecular weight excluding hydrogens is 288 g/mol. The molecule has 1 aromatic rings. The quantitative estimate of drug-likeness (QED) is 0.848. The van der Waals surface area contributed by atoms with E-state index in [1.165, 1.54) is 11.1 Å². The number of hydrogen-bond donors (Lipinski definition) is 2. The minimum Gasteiger partial charge on any atom is -0.377 e. The van der Waals surface area contributed by atoms with Gasteiger partial charge in [0.2, 0.25) is 5.91 Å². The van der Waals surface area contributed by atoms with Crippen molar-refractivity contribution in [1.82, 2.24) is 10.6 Å². The van der Waals surface area contributed by atoms with Gasteiger partial charge in [0.05, 0.1) is 18.7 Å². The number of halogens is 1. The first-order valence-corrected chi connectivity index (χ1v) is 7.34. The van der Waals surface area contributed by atoms with Crippen LogP contribution in [0.4, 0.5) is 0 Å². The molecule has 0 saturated carbocycles. The van der Waals surface area contributed by atoms with Gasteiger partial charge in [0.15, 0.2) is 0 Å². The second-order valence-corrected chi connectivity index (χ2v) is 5.41. The van der Waals surface area contributed by atoms with Gasteiger partial charge in [0.25, 0.3) is 0 Å². The topological polar surface area (TPSA) is 50.4 Å². The Hall–Kier alpha value is -1.10. The van der Waals surface area contributed by atoms with Crippen LogP contribution < -0.4 is 10.6 Å². The molecule has 1 saturated heterocycles. The SMILES string of the molecule is Cc1ccccc1C(C)NC(=O)CNCC1CCCO1.Cl. The second-order valence-electron chi connectivity index (χ2n) is 5.41. The van der Waals surface area contributed by atoms with Gasteiger partial charge in [0, 0.05) is 13.2 Å². The number of aryl methyl sites for hydroxylation is 1. The fraction of sp³-hybridized carbons (Fsp3) is 0.562. The summed E-state index contributed by atoms with van der Waals surface area (Å²) in [6.45, 7) is 6.03. The first kappa shape index (κ1) is 18.0. The van der Waals surface area contributed by atoms with Gasteiger partial charge in [-0.2, -0.15) is 0 Å². The predicted octanol–water partition coefficient (Wildman–Crippen LogP) is 2.36. The Balaban J connectivity index is 0.00000220. The number of carbonyl (C=O) groups excluding carboxylic acids is 1. The Labute approximate surface area is 133 Å². The highest BCUT2D eigenvalue weighted by Gasteiger charge is 2.16. The smallest absolute Gasteiger partial charge is 0.234 e. The van der Waals surface area contributed by atoms with E-state index in [4.69, 9.17) is 4.74 Å². The van der Waals surface area contributed by atoms with Crippen molar-refractivity contribution >= 4 is 18.3 Å². The van der Waals surface area contributed by atoms with Crippen LogP contribution in [-0.4, -0.2) is 31.7 Å². The Bertz CT molecular complexity index is 448. The number of carbonyl (C=O) groups is 1. The van der Waals surface area contributed by atoms with Crippen molar-refractivity contribution in [3.8, 4) is 0 Å². The molecule has 1 heterocycles. The first-order chi connectivity index (χ1) is 9.66. The number of nitrogens with one attached hydrogen (secondary N) is 2. The molecule has 21 heavy (non-hydrogen) atoms. The molecule has 0 aliphatic carbocycles. The molecule has 1 aromatic carbocycles. The van der Waals surface area contributed by atoms with E-state index < -0.39 is 0 Å². The molecule has 2 unspecified atom stereocenters. The summed E-state index contributed by atoms with van der Waals surface area (Å²) in [5, 5.41) is 6.18. The van der Waals surface area contributed by atoms with Crippen LogP contribution in [0.2, 0.25) is 0 Å². The van der Waals surface area contributed by atoms with E-state index in [2.05, 4.69) is 29.7 Å². The summed E-state index contributed by atoms with van der Waals surface area (Å²) >= 11 is 0. The summed E-state index contributed by atoms with van der Waals surface area (Å²) in [4.78, 5) is 11.9.